The maximum Gasteiger partial charge on any atom is 0.258 e. The molecule has 0 N–H and O–H groups in total. The van der Waals surface area contributed by atoms with Gasteiger partial charge in [0.1, 0.15) is 0 Å². The van der Waals surface area contributed by atoms with Crippen molar-refractivity contribution in [2.24, 2.45) is 0 Å². The number of amides is 1. The van der Waals surface area contributed by atoms with Crippen molar-refractivity contribution in [3.8, 4) is 11.5 Å². The smallest absolute Gasteiger partial charge is 0.258 e. The average Bonchev–Trinajstić information content (AvgIpc) is 3.22. The quantitative estimate of drug-likeness (QED) is 0.620. The zero-order valence-corrected chi connectivity index (χ0v) is 16.9. The lowest BCUT2D eigenvalue weighted by molar-refractivity contribution is -0.133. The lowest BCUT2D eigenvalue weighted by atomic mass is 10.1. The second-order valence-corrected chi connectivity index (χ2v) is 7.61. The summed E-state index contributed by atoms with van der Waals surface area (Å²) in [4.78, 5) is 21.2. The number of nitrogens with zero attached hydrogens (tertiary/aromatic N) is 4. The molecule has 1 fully saturated rings. The summed E-state index contributed by atoms with van der Waals surface area (Å²) in [5, 5.41) is 4.72. The first-order valence-electron chi connectivity index (χ1n) is 9.80. The molecule has 1 aromatic heterocycles. The molecule has 0 spiro atoms. The summed E-state index contributed by atoms with van der Waals surface area (Å²) in [6, 6.07) is 17.5. The van der Waals surface area contributed by atoms with E-state index in [-0.39, 0.29) is 5.91 Å². The van der Waals surface area contributed by atoms with Crippen LogP contribution in [0.25, 0.3) is 11.5 Å². The number of benzene rings is 2. The van der Waals surface area contributed by atoms with Gasteiger partial charge in [0, 0.05) is 43.2 Å². The predicted molar refractivity (Wildman–Crippen MR) is 111 cm³/mol. The molecule has 150 valence electrons. The fourth-order valence-electron chi connectivity index (χ4n) is 3.47. The van der Waals surface area contributed by atoms with Crippen LogP contribution in [-0.2, 0) is 17.8 Å². The van der Waals surface area contributed by atoms with Crippen LogP contribution in [0.15, 0.2) is 59.1 Å². The van der Waals surface area contributed by atoms with Crippen molar-refractivity contribution in [1.29, 1.82) is 0 Å². The van der Waals surface area contributed by atoms with Gasteiger partial charge in [-0.1, -0.05) is 53.2 Å². The molecule has 4 rings (SSSR count). The molecule has 0 radical (unpaired) electrons. The van der Waals surface area contributed by atoms with E-state index in [1.807, 2.05) is 41.3 Å². The summed E-state index contributed by atoms with van der Waals surface area (Å²) in [6.07, 6.45) is 1.34. The van der Waals surface area contributed by atoms with Crippen molar-refractivity contribution >= 4 is 17.5 Å². The van der Waals surface area contributed by atoms with Gasteiger partial charge in [0.15, 0.2) is 5.82 Å². The van der Waals surface area contributed by atoms with Crippen LogP contribution in [0.1, 0.15) is 17.8 Å². The highest BCUT2D eigenvalue weighted by Crippen LogP contribution is 2.21. The molecule has 0 aliphatic carbocycles. The highest BCUT2D eigenvalue weighted by Gasteiger charge is 2.22. The van der Waals surface area contributed by atoms with Crippen molar-refractivity contribution in [3.05, 3.63) is 71.0 Å². The maximum absolute atomic E-state index is 12.5. The summed E-state index contributed by atoms with van der Waals surface area (Å²) >= 11 is 6.02. The Morgan fingerprint density at radius 3 is 2.59 bits per heavy atom. The molecule has 0 unspecified atom stereocenters. The van der Waals surface area contributed by atoms with E-state index in [4.69, 9.17) is 16.1 Å². The van der Waals surface area contributed by atoms with Gasteiger partial charge in [-0.25, -0.2) is 0 Å². The van der Waals surface area contributed by atoms with Crippen molar-refractivity contribution in [2.45, 2.75) is 19.4 Å². The second-order valence-electron chi connectivity index (χ2n) is 7.17. The fourth-order valence-corrected chi connectivity index (χ4v) is 3.66. The minimum atomic E-state index is 0.219. The topological polar surface area (TPSA) is 62.5 Å². The van der Waals surface area contributed by atoms with E-state index in [1.165, 1.54) is 5.56 Å². The summed E-state index contributed by atoms with van der Waals surface area (Å²) < 4.78 is 5.37. The van der Waals surface area contributed by atoms with Gasteiger partial charge in [0.05, 0.1) is 6.54 Å². The summed E-state index contributed by atoms with van der Waals surface area (Å²) in [5.41, 5.74) is 2.01. The third-order valence-corrected chi connectivity index (χ3v) is 5.34. The van der Waals surface area contributed by atoms with Crippen LogP contribution in [0.3, 0.4) is 0 Å². The van der Waals surface area contributed by atoms with E-state index < -0.39 is 0 Å². The van der Waals surface area contributed by atoms with Crippen LogP contribution in [0.2, 0.25) is 5.02 Å². The predicted octanol–water partition coefficient (Wildman–Crippen LogP) is 3.67. The first-order chi connectivity index (χ1) is 14.2. The number of piperazine rings is 1. The minimum absolute atomic E-state index is 0.219. The van der Waals surface area contributed by atoms with Gasteiger partial charge < -0.3 is 9.42 Å². The summed E-state index contributed by atoms with van der Waals surface area (Å²) in [5.74, 6) is 1.33. The van der Waals surface area contributed by atoms with Crippen LogP contribution < -0.4 is 0 Å². The normalized spacial score (nSPS) is 14.9. The number of carbonyl (C=O) groups is 1. The van der Waals surface area contributed by atoms with Gasteiger partial charge >= 0.3 is 0 Å². The monoisotopic (exact) mass is 410 g/mol. The molecule has 1 aliphatic heterocycles. The number of hydrogen-bond donors (Lipinski definition) is 0. The van der Waals surface area contributed by atoms with Gasteiger partial charge in [-0.3, -0.25) is 9.69 Å². The van der Waals surface area contributed by atoms with Crippen molar-refractivity contribution in [2.75, 3.05) is 26.2 Å². The Labute approximate surface area is 175 Å². The third-order valence-electron chi connectivity index (χ3n) is 5.10. The Kier molecular flexibility index (Phi) is 6.22. The Balaban J connectivity index is 1.25. The molecule has 1 amide bonds. The van der Waals surface area contributed by atoms with Crippen LogP contribution in [0, 0.1) is 0 Å². The maximum atomic E-state index is 12.5. The minimum Gasteiger partial charge on any atom is -0.340 e. The molecule has 0 atom stereocenters. The van der Waals surface area contributed by atoms with Gasteiger partial charge in [0.25, 0.3) is 5.89 Å². The van der Waals surface area contributed by atoms with E-state index in [1.54, 1.807) is 6.07 Å². The van der Waals surface area contributed by atoms with Crippen LogP contribution in [-0.4, -0.2) is 52.0 Å². The standard InChI is InChI=1S/C22H23ClN4O2/c23-19-8-4-7-18(15-19)22-24-20(25-29-22)16-26-11-13-27(14-12-26)21(28)10-9-17-5-2-1-3-6-17/h1-8,15H,9-14,16H2. The fraction of sp³-hybridized carbons (Fsp3) is 0.318. The molecule has 1 saturated heterocycles. The largest absolute Gasteiger partial charge is 0.340 e. The first-order valence-corrected chi connectivity index (χ1v) is 10.2. The molecule has 2 heterocycles. The zero-order chi connectivity index (χ0) is 20.1. The number of carbonyl (C=O) groups excluding carboxylic acids is 1. The second kappa shape index (κ2) is 9.20. The lowest BCUT2D eigenvalue weighted by Gasteiger charge is -2.34. The van der Waals surface area contributed by atoms with E-state index in [9.17, 15) is 4.79 Å². The van der Waals surface area contributed by atoms with Crippen molar-refractivity contribution in [3.63, 3.8) is 0 Å². The van der Waals surface area contributed by atoms with E-state index in [0.29, 0.717) is 29.7 Å². The molecular formula is C22H23ClN4O2. The molecule has 3 aromatic rings. The number of hydrogen-bond acceptors (Lipinski definition) is 5. The van der Waals surface area contributed by atoms with E-state index in [0.717, 1.165) is 38.2 Å². The molecular weight excluding hydrogens is 388 g/mol. The average molecular weight is 411 g/mol. The summed E-state index contributed by atoms with van der Waals surface area (Å²) in [6.45, 7) is 3.67. The van der Waals surface area contributed by atoms with Gasteiger partial charge in [-0.2, -0.15) is 4.98 Å². The zero-order valence-electron chi connectivity index (χ0n) is 16.1. The van der Waals surface area contributed by atoms with Gasteiger partial charge in [-0.05, 0) is 30.2 Å². The van der Waals surface area contributed by atoms with Crippen molar-refractivity contribution < 1.29 is 9.32 Å². The molecule has 2 aromatic carbocycles. The van der Waals surface area contributed by atoms with E-state index in [2.05, 4.69) is 27.2 Å². The van der Waals surface area contributed by atoms with Crippen LogP contribution >= 0.6 is 11.6 Å². The van der Waals surface area contributed by atoms with Gasteiger partial charge in [0.2, 0.25) is 5.91 Å². The van der Waals surface area contributed by atoms with Gasteiger partial charge in [-0.15, -0.1) is 0 Å². The molecule has 7 heteroatoms. The Bertz CT molecular complexity index is 952. The highest BCUT2D eigenvalue weighted by molar-refractivity contribution is 6.30. The number of rotatable bonds is 6. The molecule has 6 nitrogen and oxygen atoms in total. The van der Waals surface area contributed by atoms with Crippen LogP contribution in [0.5, 0.6) is 0 Å². The summed E-state index contributed by atoms with van der Waals surface area (Å²) in [7, 11) is 0. The SMILES string of the molecule is O=C(CCc1ccccc1)N1CCN(Cc2noc(-c3cccc(Cl)c3)n2)CC1. The molecule has 0 saturated carbocycles. The van der Waals surface area contributed by atoms with E-state index >= 15 is 0 Å². The highest BCUT2D eigenvalue weighted by atomic mass is 35.5. The third kappa shape index (κ3) is 5.22. The lowest BCUT2D eigenvalue weighted by Crippen LogP contribution is -2.48. The van der Waals surface area contributed by atoms with Crippen molar-refractivity contribution in [1.82, 2.24) is 19.9 Å². The number of halogens is 1. The molecule has 29 heavy (non-hydrogen) atoms. The Morgan fingerprint density at radius 2 is 1.83 bits per heavy atom. The number of aromatic nitrogens is 2. The Hall–Kier alpha value is -2.70. The first kappa shape index (κ1) is 19.6. The molecule has 1 aliphatic rings. The Morgan fingerprint density at radius 1 is 1.03 bits per heavy atom. The number of aryl methyl sites for hydroxylation is 1. The molecule has 0 bridgehead atoms. The van der Waals surface area contributed by atoms with Crippen LogP contribution in [0.4, 0.5) is 0 Å².